The number of rotatable bonds is 9. The van der Waals surface area contributed by atoms with Crippen molar-refractivity contribution in [1.82, 2.24) is 25.1 Å². The smallest absolute Gasteiger partial charge is 0.287 e. The van der Waals surface area contributed by atoms with Gasteiger partial charge in [0.05, 0.1) is 25.2 Å². The molecule has 2 N–H and O–H groups in total. The Bertz CT molecular complexity index is 1250. The van der Waals surface area contributed by atoms with Crippen LogP contribution in [0.3, 0.4) is 0 Å². The Hall–Kier alpha value is -3.27. The fraction of sp³-hybridized carbons (Fsp3) is 0.364. The predicted molar refractivity (Wildman–Crippen MR) is 126 cm³/mol. The second kappa shape index (κ2) is 9.47. The lowest BCUT2D eigenvalue weighted by Gasteiger charge is -2.10. The Kier molecular flexibility index (Phi) is 6.50. The number of carbonyl (C=O) groups is 1. The number of nitrogens with one attached hydrogen (secondary N) is 2. The van der Waals surface area contributed by atoms with Gasteiger partial charge in [-0.1, -0.05) is 37.7 Å². The van der Waals surface area contributed by atoms with E-state index in [2.05, 4.69) is 39.5 Å². The van der Waals surface area contributed by atoms with Crippen molar-refractivity contribution in [2.45, 2.75) is 25.5 Å². The number of benzene rings is 1. The Morgan fingerprint density at radius 3 is 2.91 bits per heavy atom. The first kappa shape index (κ1) is 21.9. The van der Waals surface area contributed by atoms with Crippen LogP contribution in [-0.4, -0.2) is 52.1 Å². The molecule has 10 heteroatoms. The molecular weight excluding hydrogens is 428 g/mol. The normalized spacial score (nSPS) is 11.4. The molecule has 0 aliphatic heterocycles. The van der Waals surface area contributed by atoms with Crippen molar-refractivity contribution in [2.75, 3.05) is 31.8 Å². The van der Waals surface area contributed by atoms with Gasteiger partial charge in [-0.25, -0.2) is 14.6 Å². The third kappa shape index (κ3) is 4.50. The summed E-state index contributed by atoms with van der Waals surface area (Å²) >= 11 is 1.48. The average Bonchev–Trinajstić information content (AvgIpc) is 3.41. The number of hydrogen-bond acceptors (Lipinski definition) is 8. The maximum absolute atomic E-state index is 12.6. The number of para-hydroxylation sites is 1. The highest BCUT2D eigenvalue weighted by Crippen LogP contribution is 2.28. The maximum Gasteiger partial charge on any atom is 0.287 e. The summed E-state index contributed by atoms with van der Waals surface area (Å²) in [5.41, 5.74) is 1.29. The van der Waals surface area contributed by atoms with Gasteiger partial charge in [-0.05, 0) is 24.3 Å². The van der Waals surface area contributed by atoms with E-state index in [1.807, 2.05) is 18.4 Å². The Balaban J connectivity index is 1.47. The van der Waals surface area contributed by atoms with E-state index in [9.17, 15) is 4.79 Å². The molecule has 0 unspecified atom stereocenters. The number of thioether (sulfide) groups is 1. The second-order valence-corrected chi connectivity index (χ2v) is 8.46. The van der Waals surface area contributed by atoms with Crippen LogP contribution in [0.15, 0.2) is 40.0 Å². The van der Waals surface area contributed by atoms with Crippen molar-refractivity contribution in [3.63, 3.8) is 0 Å². The molecule has 0 saturated heterocycles. The average molecular weight is 455 g/mol. The van der Waals surface area contributed by atoms with Crippen LogP contribution in [0.25, 0.3) is 22.0 Å². The number of fused-ring (bicyclic) bond motifs is 2. The SMILES string of the molecule is COc1cccc2cc(C(=O)NCCn3ncc4c(NCC(C)C)nc(SC)nc43)oc12. The van der Waals surface area contributed by atoms with Gasteiger partial charge in [0.1, 0.15) is 5.82 Å². The first-order chi connectivity index (χ1) is 15.5. The van der Waals surface area contributed by atoms with Crippen LogP contribution in [0.4, 0.5) is 5.82 Å². The molecule has 9 nitrogen and oxygen atoms in total. The van der Waals surface area contributed by atoms with Gasteiger partial charge in [-0.15, -0.1) is 0 Å². The summed E-state index contributed by atoms with van der Waals surface area (Å²) in [5, 5.41) is 13.1. The molecule has 0 spiro atoms. The molecule has 4 aromatic rings. The highest BCUT2D eigenvalue weighted by molar-refractivity contribution is 7.98. The van der Waals surface area contributed by atoms with E-state index in [1.54, 1.807) is 30.1 Å². The van der Waals surface area contributed by atoms with Crippen molar-refractivity contribution in [3.05, 3.63) is 36.2 Å². The Morgan fingerprint density at radius 1 is 1.31 bits per heavy atom. The summed E-state index contributed by atoms with van der Waals surface area (Å²) in [6, 6.07) is 7.24. The summed E-state index contributed by atoms with van der Waals surface area (Å²) in [6.45, 7) is 5.93. The predicted octanol–water partition coefficient (Wildman–Crippen LogP) is 3.80. The monoisotopic (exact) mass is 454 g/mol. The number of aromatic nitrogens is 4. The first-order valence-electron chi connectivity index (χ1n) is 10.4. The first-order valence-corrected chi connectivity index (χ1v) is 11.6. The number of hydrogen-bond donors (Lipinski definition) is 2. The van der Waals surface area contributed by atoms with Gasteiger partial charge in [0, 0.05) is 18.5 Å². The van der Waals surface area contributed by atoms with Crippen LogP contribution in [0, 0.1) is 5.92 Å². The van der Waals surface area contributed by atoms with E-state index in [1.165, 1.54) is 11.8 Å². The van der Waals surface area contributed by atoms with E-state index >= 15 is 0 Å². The lowest BCUT2D eigenvalue weighted by molar-refractivity contribution is 0.0926. The third-order valence-electron chi connectivity index (χ3n) is 4.90. The molecule has 0 aliphatic rings. The van der Waals surface area contributed by atoms with Crippen molar-refractivity contribution in [3.8, 4) is 5.75 Å². The van der Waals surface area contributed by atoms with Crippen LogP contribution >= 0.6 is 11.8 Å². The fourth-order valence-corrected chi connectivity index (χ4v) is 3.66. The van der Waals surface area contributed by atoms with Gasteiger partial charge in [0.15, 0.2) is 27.9 Å². The molecule has 3 aromatic heterocycles. The largest absolute Gasteiger partial charge is 0.493 e. The molecule has 32 heavy (non-hydrogen) atoms. The molecule has 0 saturated carbocycles. The fourth-order valence-electron chi connectivity index (χ4n) is 3.30. The van der Waals surface area contributed by atoms with E-state index in [0.717, 1.165) is 28.8 Å². The molecule has 168 valence electrons. The number of nitrogens with zero attached hydrogens (tertiary/aromatic N) is 4. The van der Waals surface area contributed by atoms with E-state index in [-0.39, 0.29) is 11.7 Å². The standard InChI is InChI=1S/C22H26N6O3S/c1-13(2)11-24-19-15-12-25-28(20(15)27-22(26-19)32-4)9-8-23-21(29)17-10-14-6-5-7-16(30-3)18(14)31-17/h5-7,10,12-13H,8-9,11H2,1-4H3,(H,23,29)(H,24,26,27). The lowest BCUT2D eigenvalue weighted by atomic mass is 10.2. The van der Waals surface area contributed by atoms with Crippen LogP contribution in [0.5, 0.6) is 5.75 Å². The number of carbonyl (C=O) groups excluding carboxylic acids is 1. The van der Waals surface area contributed by atoms with Crippen LogP contribution < -0.4 is 15.4 Å². The van der Waals surface area contributed by atoms with Crippen molar-refractivity contribution >= 4 is 45.5 Å². The van der Waals surface area contributed by atoms with Gasteiger partial charge in [-0.2, -0.15) is 5.10 Å². The molecule has 1 aromatic carbocycles. The number of amides is 1. The summed E-state index contributed by atoms with van der Waals surface area (Å²) in [7, 11) is 1.57. The quantitative estimate of drug-likeness (QED) is 0.290. The highest BCUT2D eigenvalue weighted by atomic mass is 32.2. The number of furan rings is 1. The van der Waals surface area contributed by atoms with Crippen LogP contribution in [0.1, 0.15) is 24.4 Å². The van der Waals surface area contributed by atoms with E-state index in [0.29, 0.717) is 35.5 Å². The molecule has 0 fully saturated rings. The summed E-state index contributed by atoms with van der Waals surface area (Å²) < 4.78 is 12.8. The molecule has 0 aliphatic carbocycles. The van der Waals surface area contributed by atoms with Gasteiger partial charge in [0.2, 0.25) is 0 Å². The van der Waals surface area contributed by atoms with Crippen molar-refractivity contribution in [2.24, 2.45) is 5.92 Å². The molecule has 0 radical (unpaired) electrons. The summed E-state index contributed by atoms with van der Waals surface area (Å²) in [5.74, 6) is 1.80. The topological polar surface area (TPSA) is 107 Å². The van der Waals surface area contributed by atoms with Gasteiger partial charge in [-0.3, -0.25) is 4.79 Å². The highest BCUT2D eigenvalue weighted by Gasteiger charge is 2.16. The number of anilines is 1. The van der Waals surface area contributed by atoms with Crippen LogP contribution in [0.2, 0.25) is 0 Å². The molecule has 0 bridgehead atoms. The van der Waals surface area contributed by atoms with E-state index < -0.39 is 0 Å². The van der Waals surface area contributed by atoms with Crippen LogP contribution in [-0.2, 0) is 6.54 Å². The lowest BCUT2D eigenvalue weighted by Crippen LogP contribution is -2.27. The molecular formula is C22H26N6O3S. The zero-order valence-corrected chi connectivity index (χ0v) is 19.3. The minimum atomic E-state index is -0.293. The molecule has 1 amide bonds. The Labute approximate surface area is 189 Å². The zero-order valence-electron chi connectivity index (χ0n) is 18.5. The summed E-state index contributed by atoms with van der Waals surface area (Å²) in [6.07, 6.45) is 3.70. The Morgan fingerprint density at radius 2 is 2.16 bits per heavy atom. The van der Waals surface area contributed by atoms with Crippen molar-refractivity contribution in [1.29, 1.82) is 0 Å². The third-order valence-corrected chi connectivity index (χ3v) is 5.44. The molecule has 3 heterocycles. The molecule has 4 rings (SSSR count). The van der Waals surface area contributed by atoms with E-state index in [4.69, 9.17) is 9.15 Å². The number of methoxy groups -OCH3 is 1. The maximum atomic E-state index is 12.6. The second-order valence-electron chi connectivity index (χ2n) is 7.68. The number of ether oxygens (including phenoxy) is 1. The van der Waals surface area contributed by atoms with Gasteiger partial charge < -0.3 is 19.8 Å². The minimum Gasteiger partial charge on any atom is -0.493 e. The van der Waals surface area contributed by atoms with Gasteiger partial charge in [0.25, 0.3) is 5.91 Å². The summed E-state index contributed by atoms with van der Waals surface area (Å²) in [4.78, 5) is 21.8. The van der Waals surface area contributed by atoms with Gasteiger partial charge >= 0.3 is 0 Å². The minimum absolute atomic E-state index is 0.238. The zero-order chi connectivity index (χ0) is 22.7. The van der Waals surface area contributed by atoms with Crippen molar-refractivity contribution < 1.29 is 13.9 Å². The molecule has 0 atom stereocenters.